The van der Waals surface area contributed by atoms with Crippen LogP contribution in [0.4, 0.5) is 5.69 Å². The second-order valence-electron chi connectivity index (χ2n) is 10.4. The number of fused-ring (bicyclic) bond motifs is 1. The third-order valence-corrected chi connectivity index (χ3v) is 7.59. The molecule has 0 bridgehead atoms. The van der Waals surface area contributed by atoms with Gasteiger partial charge in [-0.15, -0.1) is 0 Å². The van der Waals surface area contributed by atoms with Gasteiger partial charge in [0.1, 0.15) is 6.04 Å². The molecule has 206 valence electrons. The molecule has 2 saturated heterocycles. The number of piperidine rings is 2. The number of amides is 5. The number of anilines is 1. The molecule has 38 heavy (non-hydrogen) atoms. The number of hydrogen-bond donors (Lipinski definition) is 4. The van der Waals surface area contributed by atoms with E-state index in [4.69, 9.17) is 0 Å². The topological polar surface area (TPSA) is 137 Å². The van der Waals surface area contributed by atoms with Crippen molar-refractivity contribution in [2.24, 2.45) is 5.92 Å². The molecule has 10 heteroatoms. The molecule has 2 fully saturated rings. The summed E-state index contributed by atoms with van der Waals surface area (Å²) >= 11 is 0. The lowest BCUT2D eigenvalue weighted by Gasteiger charge is -2.27. The molecule has 10 nitrogen and oxygen atoms in total. The van der Waals surface area contributed by atoms with Crippen molar-refractivity contribution in [2.45, 2.75) is 76.7 Å². The van der Waals surface area contributed by atoms with E-state index in [0.717, 1.165) is 81.7 Å². The van der Waals surface area contributed by atoms with Crippen LogP contribution in [-0.4, -0.2) is 66.7 Å². The Morgan fingerprint density at radius 2 is 1.61 bits per heavy atom. The highest BCUT2D eigenvalue weighted by molar-refractivity contribution is 6.23. The van der Waals surface area contributed by atoms with Crippen LogP contribution in [0.5, 0.6) is 0 Å². The van der Waals surface area contributed by atoms with E-state index in [-0.39, 0.29) is 41.7 Å². The largest absolute Gasteiger partial charge is 0.385 e. The van der Waals surface area contributed by atoms with E-state index < -0.39 is 23.8 Å². The highest BCUT2D eigenvalue weighted by Crippen LogP contribution is 2.29. The van der Waals surface area contributed by atoms with E-state index in [1.165, 1.54) is 12.8 Å². The fraction of sp³-hybridized carbons (Fsp3) is 0.607. The van der Waals surface area contributed by atoms with Gasteiger partial charge in [0.25, 0.3) is 11.8 Å². The monoisotopic (exact) mass is 525 g/mol. The van der Waals surface area contributed by atoms with Gasteiger partial charge in [-0.2, -0.15) is 0 Å². The number of hydrogen-bond acceptors (Lipinski definition) is 7. The molecular formula is C28H39N5O5. The number of nitrogens with zero attached hydrogens (tertiary/aromatic N) is 1. The lowest BCUT2D eigenvalue weighted by Crippen LogP contribution is -2.54. The minimum atomic E-state index is -0.950. The summed E-state index contributed by atoms with van der Waals surface area (Å²) in [6.45, 7) is 3.34. The van der Waals surface area contributed by atoms with Crippen LogP contribution < -0.4 is 21.3 Å². The molecule has 2 atom stereocenters. The number of carbonyl (C=O) groups excluding carboxylic acids is 5. The van der Waals surface area contributed by atoms with E-state index in [1.54, 1.807) is 18.2 Å². The number of rotatable bonds is 13. The van der Waals surface area contributed by atoms with Crippen LogP contribution in [0.25, 0.3) is 0 Å². The van der Waals surface area contributed by atoms with Gasteiger partial charge in [0.2, 0.25) is 17.7 Å². The average molecular weight is 526 g/mol. The Hall–Kier alpha value is -3.27. The lowest BCUT2D eigenvalue weighted by molar-refractivity contribution is -0.136. The molecule has 0 aromatic heterocycles. The summed E-state index contributed by atoms with van der Waals surface area (Å²) in [6.07, 6.45) is 10.1. The van der Waals surface area contributed by atoms with E-state index in [1.807, 2.05) is 0 Å². The first-order valence-electron chi connectivity index (χ1n) is 14.0. The second kappa shape index (κ2) is 13.5. The quantitative estimate of drug-likeness (QED) is 0.229. The van der Waals surface area contributed by atoms with Gasteiger partial charge >= 0.3 is 0 Å². The zero-order chi connectivity index (χ0) is 26.9. The summed E-state index contributed by atoms with van der Waals surface area (Å²) in [4.78, 5) is 62.4. The van der Waals surface area contributed by atoms with Crippen LogP contribution >= 0.6 is 0 Å². The first kappa shape index (κ1) is 27.8. The normalized spacial score (nSPS) is 21.3. The van der Waals surface area contributed by atoms with E-state index >= 15 is 0 Å². The molecule has 3 aliphatic heterocycles. The molecule has 0 spiro atoms. The van der Waals surface area contributed by atoms with Crippen molar-refractivity contribution in [3.8, 4) is 0 Å². The van der Waals surface area contributed by atoms with Crippen LogP contribution in [0.3, 0.4) is 0 Å². The van der Waals surface area contributed by atoms with Crippen molar-refractivity contribution in [3.63, 3.8) is 0 Å². The Balaban J connectivity index is 1.08. The first-order chi connectivity index (χ1) is 18.5. The molecule has 4 N–H and O–H groups in total. The molecule has 0 radical (unpaired) electrons. The summed E-state index contributed by atoms with van der Waals surface area (Å²) in [5.74, 6) is -1.65. The van der Waals surface area contributed by atoms with Gasteiger partial charge < -0.3 is 16.0 Å². The predicted molar refractivity (Wildman–Crippen MR) is 143 cm³/mol. The zero-order valence-electron chi connectivity index (χ0n) is 22.0. The van der Waals surface area contributed by atoms with Crippen LogP contribution in [0, 0.1) is 5.92 Å². The average Bonchev–Trinajstić information content (AvgIpc) is 3.16. The predicted octanol–water partition coefficient (Wildman–Crippen LogP) is 2.35. The molecule has 2 unspecified atom stereocenters. The maximum absolute atomic E-state index is 12.9. The summed E-state index contributed by atoms with van der Waals surface area (Å²) in [5, 5.41) is 11.9. The first-order valence-corrected chi connectivity index (χ1v) is 14.0. The van der Waals surface area contributed by atoms with Gasteiger partial charge in [0.05, 0.1) is 17.0 Å². The SMILES string of the molecule is O=C1CCC(N2C(=O)c3ccc(NCCCCCCCCCNC(=O)C4CCCNC4)cc3C2=O)C(=O)N1. The van der Waals surface area contributed by atoms with E-state index in [9.17, 15) is 24.0 Å². The number of imide groups is 2. The number of nitrogens with one attached hydrogen (secondary N) is 4. The molecule has 5 amide bonds. The Bertz CT molecular complexity index is 1050. The zero-order valence-corrected chi connectivity index (χ0v) is 22.0. The minimum Gasteiger partial charge on any atom is -0.385 e. The van der Waals surface area contributed by atoms with Gasteiger partial charge in [0, 0.05) is 31.7 Å². The highest BCUT2D eigenvalue weighted by atomic mass is 16.2. The summed E-state index contributed by atoms with van der Waals surface area (Å²) in [6, 6.07) is 4.12. The van der Waals surface area contributed by atoms with Gasteiger partial charge in [0.15, 0.2) is 0 Å². The van der Waals surface area contributed by atoms with Crippen molar-refractivity contribution in [3.05, 3.63) is 29.3 Å². The second-order valence-corrected chi connectivity index (χ2v) is 10.4. The Labute approximate surface area is 223 Å². The molecule has 0 aliphatic carbocycles. The minimum absolute atomic E-state index is 0.104. The molecule has 3 heterocycles. The highest BCUT2D eigenvalue weighted by Gasteiger charge is 2.44. The number of carbonyl (C=O) groups is 5. The third-order valence-electron chi connectivity index (χ3n) is 7.59. The maximum Gasteiger partial charge on any atom is 0.262 e. The van der Waals surface area contributed by atoms with Gasteiger partial charge in [-0.25, -0.2) is 0 Å². The van der Waals surface area contributed by atoms with Crippen LogP contribution in [-0.2, 0) is 14.4 Å². The molecule has 1 aromatic rings. The Morgan fingerprint density at radius 1 is 0.895 bits per heavy atom. The van der Waals surface area contributed by atoms with Crippen LogP contribution in [0.15, 0.2) is 18.2 Å². The van der Waals surface area contributed by atoms with Crippen molar-refractivity contribution in [1.29, 1.82) is 0 Å². The van der Waals surface area contributed by atoms with Gasteiger partial charge in [-0.3, -0.25) is 34.2 Å². The number of benzene rings is 1. The van der Waals surface area contributed by atoms with Gasteiger partial charge in [-0.05, 0) is 56.8 Å². The van der Waals surface area contributed by atoms with Crippen LogP contribution in [0.1, 0.15) is 91.3 Å². The molecular weight excluding hydrogens is 486 g/mol. The van der Waals surface area contributed by atoms with Crippen molar-refractivity contribution >= 4 is 35.2 Å². The lowest BCUT2D eigenvalue weighted by atomic mass is 9.99. The van der Waals surface area contributed by atoms with Crippen molar-refractivity contribution in [1.82, 2.24) is 20.9 Å². The van der Waals surface area contributed by atoms with Crippen LogP contribution in [0.2, 0.25) is 0 Å². The molecule has 1 aromatic carbocycles. The summed E-state index contributed by atoms with van der Waals surface area (Å²) in [5.41, 5.74) is 1.34. The smallest absolute Gasteiger partial charge is 0.262 e. The summed E-state index contributed by atoms with van der Waals surface area (Å²) in [7, 11) is 0. The molecule has 0 saturated carbocycles. The fourth-order valence-electron chi connectivity index (χ4n) is 5.38. The maximum atomic E-state index is 12.9. The Kier molecular flexibility index (Phi) is 9.86. The Morgan fingerprint density at radius 3 is 2.32 bits per heavy atom. The number of unbranched alkanes of at least 4 members (excludes halogenated alkanes) is 6. The van der Waals surface area contributed by atoms with Crippen molar-refractivity contribution < 1.29 is 24.0 Å². The third kappa shape index (κ3) is 6.98. The van der Waals surface area contributed by atoms with E-state index in [2.05, 4.69) is 21.3 Å². The van der Waals surface area contributed by atoms with Crippen molar-refractivity contribution in [2.75, 3.05) is 31.5 Å². The molecule has 3 aliphatic rings. The standard InChI is InChI=1S/C28H39N5O5/c34-24-13-12-23(26(36)32-24)33-27(37)21-11-10-20(17-22(21)28(33)38)30-15-6-4-2-1-3-5-7-16-31-25(35)19-9-8-14-29-18-19/h10-11,17,19,23,29-30H,1-9,12-16,18H2,(H,31,35)(H,32,34,36). The summed E-state index contributed by atoms with van der Waals surface area (Å²) < 4.78 is 0. The van der Waals surface area contributed by atoms with E-state index in [0.29, 0.717) is 0 Å². The molecule has 4 rings (SSSR count). The van der Waals surface area contributed by atoms with Gasteiger partial charge in [-0.1, -0.05) is 32.1 Å². The fourth-order valence-corrected chi connectivity index (χ4v) is 5.38.